The molecule has 0 atom stereocenters. The van der Waals surface area contributed by atoms with E-state index in [4.69, 9.17) is 9.47 Å². The third kappa shape index (κ3) is 5.13. The molecule has 0 unspecified atom stereocenters. The zero-order valence-electron chi connectivity index (χ0n) is 19.8. The Bertz CT molecular complexity index is 1140. The number of rotatable bonds is 8. The summed E-state index contributed by atoms with van der Waals surface area (Å²) >= 11 is 1.50. The largest absolute Gasteiger partial charge is 0.460 e. The van der Waals surface area contributed by atoms with Crippen LogP contribution in [0.2, 0.25) is 0 Å². The van der Waals surface area contributed by atoms with Crippen molar-refractivity contribution in [3.05, 3.63) is 36.4 Å². The summed E-state index contributed by atoms with van der Waals surface area (Å²) in [4.78, 5) is 25.6. The van der Waals surface area contributed by atoms with Gasteiger partial charge >= 0.3 is 6.01 Å². The number of nitrogens with one attached hydrogen (secondary N) is 2. The Morgan fingerprint density at radius 2 is 1.94 bits per heavy atom. The summed E-state index contributed by atoms with van der Waals surface area (Å²) in [6.45, 7) is 4.72. The minimum atomic E-state index is 0.167. The third-order valence-electron chi connectivity index (χ3n) is 7.21. The fraction of sp³-hybridized carbons (Fsp3) is 0.542. The number of likely N-dealkylation sites (N-methyl/N-ethyl adjacent to an activating group) is 1. The maximum absolute atomic E-state index is 6.12. The van der Waals surface area contributed by atoms with E-state index >= 15 is 0 Å². The summed E-state index contributed by atoms with van der Waals surface area (Å²) in [6, 6.07) is 2.90. The normalized spacial score (nSPS) is 19.9. The zero-order valence-corrected chi connectivity index (χ0v) is 20.6. The van der Waals surface area contributed by atoms with Gasteiger partial charge in [-0.05, 0) is 38.8 Å². The van der Waals surface area contributed by atoms with E-state index in [0.29, 0.717) is 28.5 Å². The van der Waals surface area contributed by atoms with Crippen LogP contribution in [-0.2, 0) is 11.3 Å². The fourth-order valence-electron chi connectivity index (χ4n) is 4.73. The van der Waals surface area contributed by atoms with Crippen molar-refractivity contribution in [1.29, 1.82) is 0 Å². The van der Waals surface area contributed by atoms with Gasteiger partial charge in [-0.2, -0.15) is 4.98 Å². The van der Waals surface area contributed by atoms with Crippen LogP contribution in [0.25, 0.3) is 10.6 Å². The minimum absolute atomic E-state index is 0.167. The smallest absolute Gasteiger partial charge is 0.317 e. The van der Waals surface area contributed by atoms with Crippen LogP contribution in [0.15, 0.2) is 30.9 Å². The Balaban J connectivity index is 1.05. The number of aromatic nitrogens is 5. The molecule has 3 aromatic rings. The molecule has 3 fully saturated rings. The molecular weight excluding hydrogens is 464 g/mol. The van der Waals surface area contributed by atoms with Gasteiger partial charge in [-0.25, -0.2) is 19.9 Å². The molecule has 11 heteroatoms. The quantitative estimate of drug-likeness (QED) is 0.485. The summed E-state index contributed by atoms with van der Waals surface area (Å²) in [5.41, 5.74) is 2.29. The molecule has 2 saturated heterocycles. The molecule has 0 amide bonds. The molecule has 1 saturated carbocycles. The highest BCUT2D eigenvalue weighted by molar-refractivity contribution is 7.18. The van der Waals surface area contributed by atoms with Crippen LogP contribution < -0.4 is 15.4 Å². The van der Waals surface area contributed by atoms with Crippen LogP contribution in [-0.4, -0.2) is 75.3 Å². The SMILES string of the molecule is CN(Cc1cnc(Nc2ncc(-c3ccnc(OC4CCC5(CC4)COC5)n3)s2)nc1)C1CNC1. The van der Waals surface area contributed by atoms with E-state index in [1.807, 2.05) is 18.5 Å². The van der Waals surface area contributed by atoms with Crippen LogP contribution >= 0.6 is 11.3 Å². The molecule has 0 bridgehead atoms. The lowest BCUT2D eigenvalue weighted by atomic mass is 9.72. The molecule has 184 valence electrons. The van der Waals surface area contributed by atoms with Gasteiger partial charge < -0.3 is 20.1 Å². The number of hydrogen-bond donors (Lipinski definition) is 2. The second-order valence-corrected chi connectivity index (χ2v) is 10.9. The van der Waals surface area contributed by atoms with Gasteiger partial charge in [0, 0.05) is 61.4 Å². The van der Waals surface area contributed by atoms with Crippen LogP contribution in [0.4, 0.5) is 11.1 Å². The average molecular weight is 495 g/mol. The summed E-state index contributed by atoms with van der Waals surface area (Å²) in [5.74, 6) is 0.529. The van der Waals surface area contributed by atoms with Crippen molar-refractivity contribution < 1.29 is 9.47 Å². The zero-order chi connectivity index (χ0) is 23.7. The van der Waals surface area contributed by atoms with Crippen LogP contribution in [0.3, 0.4) is 0 Å². The topological polar surface area (TPSA) is 110 Å². The Morgan fingerprint density at radius 1 is 1.14 bits per heavy atom. The highest BCUT2D eigenvalue weighted by Gasteiger charge is 2.42. The van der Waals surface area contributed by atoms with Gasteiger partial charge in [-0.1, -0.05) is 11.3 Å². The molecule has 3 aliphatic rings. The van der Waals surface area contributed by atoms with Gasteiger partial charge in [0.1, 0.15) is 6.10 Å². The predicted molar refractivity (Wildman–Crippen MR) is 133 cm³/mol. The number of hydrogen-bond acceptors (Lipinski definition) is 11. The van der Waals surface area contributed by atoms with Gasteiger partial charge in [-0.15, -0.1) is 0 Å². The maximum atomic E-state index is 6.12. The van der Waals surface area contributed by atoms with Gasteiger partial charge in [0.15, 0.2) is 5.13 Å². The summed E-state index contributed by atoms with van der Waals surface area (Å²) < 4.78 is 11.5. The Morgan fingerprint density at radius 3 is 2.63 bits per heavy atom. The van der Waals surface area contributed by atoms with Gasteiger partial charge in [0.05, 0.1) is 23.8 Å². The number of nitrogens with zero attached hydrogens (tertiary/aromatic N) is 6. The van der Waals surface area contributed by atoms with Gasteiger partial charge in [0.2, 0.25) is 5.95 Å². The van der Waals surface area contributed by atoms with Crippen molar-refractivity contribution in [3.8, 4) is 16.6 Å². The van der Waals surface area contributed by atoms with Crippen molar-refractivity contribution in [1.82, 2.24) is 35.1 Å². The summed E-state index contributed by atoms with van der Waals surface area (Å²) in [6.07, 6.45) is 11.8. The first-order valence-electron chi connectivity index (χ1n) is 12.2. The Hall–Kier alpha value is -2.73. The Kier molecular flexibility index (Phi) is 6.31. The van der Waals surface area contributed by atoms with Crippen molar-refractivity contribution in [2.45, 2.75) is 44.4 Å². The van der Waals surface area contributed by atoms with Gasteiger partial charge in [-0.3, -0.25) is 4.90 Å². The first kappa shape index (κ1) is 22.7. The first-order valence-corrected chi connectivity index (χ1v) is 13.0. The summed E-state index contributed by atoms with van der Waals surface area (Å²) in [5, 5.41) is 7.21. The highest BCUT2D eigenvalue weighted by Crippen LogP contribution is 2.43. The standard InChI is InChI=1S/C24H30N8O2S/c1-32(17-10-25-11-17)13-16-8-27-21(28-9-16)31-23-29-12-20(35-23)19-4-7-26-22(30-19)34-18-2-5-24(6-3-18)14-33-15-24/h4,7-9,12,17-18,25H,2-3,5-6,10-11,13-15H2,1H3,(H,27,28,29,31). The third-order valence-corrected chi connectivity index (χ3v) is 8.15. The molecular formula is C24H30N8O2S. The Labute approximate surface area is 208 Å². The van der Waals surface area contributed by atoms with Crippen LogP contribution in [0, 0.1) is 5.41 Å². The fourth-order valence-corrected chi connectivity index (χ4v) is 5.51. The van der Waals surface area contributed by atoms with Crippen molar-refractivity contribution in [3.63, 3.8) is 0 Å². The molecule has 1 aliphatic carbocycles. The molecule has 5 heterocycles. The number of thiazole rings is 1. The average Bonchev–Trinajstić information content (AvgIpc) is 3.27. The molecule has 0 radical (unpaired) electrons. The van der Waals surface area contributed by atoms with E-state index in [9.17, 15) is 0 Å². The molecule has 2 N–H and O–H groups in total. The van der Waals surface area contributed by atoms with Crippen molar-refractivity contribution in [2.75, 3.05) is 38.7 Å². The van der Waals surface area contributed by atoms with Crippen LogP contribution in [0.5, 0.6) is 6.01 Å². The first-order chi connectivity index (χ1) is 17.1. The highest BCUT2D eigenvalue weighted by atomic mass is 32.1. The van der Waals surface area contributed by atoms with E-state index in [1.165, 1.54) is 11.3 Å². The molecule has 35 heavy (non-hydrogen) atoms. The van der Waals surface area contributed by atoms with Crippen LogP contribution in [0.1, 0.15) is 31.2 Å². The second kappa shape index (κ2) is 9.73. The number of anilines is 2. The number of ether oxygens (including phenoxy) is 2. The molecule has 10 nitrogen and oxygen atoms in total. The second-order valence-electron chi connectivity index (χ2n) is 9.83. The van der Waals surface area contributed by atoms with E-state index in [-0.39, 0.29) is 6.10 Å². The van der Waals surface area contributed by atoms with E-state index in [2.05, 4.69) is 47.5 Å². The predicted octanol–water partition coefficient (Wildman–Crippen LogP) is 2.88. The summed E-state index contributed by atoms with van der Waals surface area (Å²) in [7, 11) is 2.13. The minimum Gasteiger partial charge on any atom is -0.460 e. The maximum Gasteiger partial charge on any atom is 0.317 e. The lowest BCUT2D eigenvalue weighted by Crippen LogP contribution is -2.55. The lowest BCUT2D eigenvalue weighted by Gasteiger charge is -2.45. The van der Waals surface area contributed by atoms with E-state index < -0.39 is 0 Å². The van der Waals surface area contributed by atoms with Gasteiger partial charge in [0.25, 0.3) is 0 Å². The molecule has 0 aromatic carbocycles. The molecule has 6 rings (SSSR count). The van der Waals surface area contributed by atoms with E-state index in [0.717, 1.165) is 74.7 Å². The van der Waals surface area contributed by atoms with Crippen molar-refractivity contribution in [2.24, 2.45) is 5.41 Å². The monoisotopic (exact) mass is 494 g/mol. The lowest BCUT2D eigenvalue weighted by molar-refractivity contribution is -0.140. The van der Waals surface area contributed by atoms with E-state index in [1.54, 1.807) is 12.4 Å². The molecule has 2 aliphatic heterocycles. The molecule has 3 aromatic heterocycles. The van der Waals surface area contributed by atoms with Crippen molar-refractivity contribution >= 4 is 22.4 Å². The molecule has 1 spiro atoms.